The fourth-order valence-corrected chi connectivity index (χ4v) is 3.85. The maximum Gasteiger partial charge on any atom is 0.341 e. The van der Waals surface area contributed by atoms with Gasteiger partial charge in [0.2, 0.25) is 0 Å². The zero-order valence-electron chi connectivity index (χ0n) is 18.6. The molecule has 5 nitrogen and oxygen atoms in total. The lowest BCUT2D eigenvalue weighted by atomic mass is 9.98. The van der Waals surface area contributed by atoms with Crippen LogP contribution >= 0.6 is 11.6 Å². The van der Waals surface area contributed by atoms with Gasteiger partial charge in [0.05, 0.1) is 6.61 Å². The van der Waals surface area contributed by atoms with Crippen LogP contribution in [0.1, 0.15) is 16.7 Å². The summed E-state index contributed by atoms with van der Waals surface area (Å²) in [5, 5.41) is 9.56. The Morgan fingerprint density at radius 2 is 1.81 bits per heavy atom. The number of aryl methyl sites for hydroxylation is 1. The molecular weight excluding hydrogens is 426 g/mol. The minimum absolute atomic E-state index is 0.350. The Hall–Kier alpha value is -3.02. The van der Waals surface area contributed by atoms with E-state index in [9.17, 15) is 4.79 Å². The molecule has 6 heteroatoms. The zero-order valence-corrected chi connectivity index (χ0v) is 19.4. The van der Waals surface area contributed by atoms with Crippen LogP contribution in [0.15, 0.2) is 60.7 Å². The third kappa shape index (κ3) is 6.02. The first-order valence-electron chi connectivity index (χ1n) is 10.4. The quantitative estimate of drug-likeness (QED) is 0.424. The van der Waals surface area contributed by atoms with Crippen molar-refractivity contribution < 1.29 is 19.4 Å². The predicted molar refractivity (Wildman–Crippen MR) is 129 cm³/mol. The number of hydrogen-bond acceptors (Lipinski definition) is 4. The van der Waals surface area contributed by atoms with Gasteiger partial charge in [0, 0.05) is 30.9 Å². The molecule has 168 valence electrons. The summed E-state index contributed by atoms with van der Waals surface area (Å²) < 4.78 is 10.7. The molecule has 0 fully saturated rings. The molecule has 0 heterocycles. The first-order chi connectivity index (χ1) is 15.4. The summed E-state index contributed by atoms with van der Waals surface area (Å²) in [7, 11) is 1.70. The van der Waals surface area contributed by atoms with E-state index in [4.69, 9.17) is 26.2 Å². The van der Waals surface area contributed by atoms with E-state index in [1.807, 2.05) is 49.4 Å². The van der Waals surface area contributed by atoms with Crippen molar-refractivity contribution >= 4 is 23.3 Å². The summed E-state index contributed by atoms with van der Waals surface area (Å²) in [6.45, 7) is 5.73. The molecule has 3 aromatic rings. The zero-order chi connectivity index (χ0) is 23.1. The van der Waals surface area contributed by atoms with E-state index in [0.29, 0.717) is 18.9 Å². The van der Waals surface area contributed by atoms with Crippen LogP contribution in [0, 0.1) is 13.8 Å². The molecule has 3 aromatic carbocycles. The Morgan fingerprint density at radius 3 is 2.47 bits per heavy atom. The highest BCUT2D eigenvalue weighted by Gasteiger charge is 2.14. The van der Waals surface area contributed by atoms with Crippen LogP contribution in [-0.2, 0) is 16.1 Å². The number of nitrogens with zero attached hydrogens (tertiary/aromatic N) is 1. The minimum Gasteiger partial charge on any atom is -0.482 e. The Labute approximate surface area is 194 Å². The second-order valence-corrected chi connectivity index (χ2v) is 8.09. The molecule has 0 radical (unpaired) electrons. The van der Waals surface area contributed by atoms with Gasteiger partial charge in [-0.1, -0.05) is 48.0 Å². The van der Waals surface area contributed by atoms with Gasteiger partial charge in [0.25, 0.3) is 0 Å². The van der Waals surface area contributed by atoms with Crippen molar-refractivity contribution in [1.82, 2.24) is 0 Å². The van der Waals surface area contributed by atoms with E-state index in [1.165, 1.54) is 5.56 Å². The number of aliphatic carboxylic acids is 1. The number of anilines is 1. The van der Waals surface area contributed by atoms with Crippen molar-refractivity contribution in [1.29, 1.82) is 0 Å². The molecule has 0 amide bonds. The summed E-state index contributed by atoms with van der Waals surface area (Å²) in [6, 6.07) is 20.0. The topological polar surface area (TPSA) is 59.0 Å². The van der Waals surface area contributed by atoms with Crippen LogP contribution in [0.3, 0.4) is 0 Å². The fraction of sp³-hybridized carbons (Fsp3) is 0.269. The highest BCUT2D eigenvalue weighted by atomic mass is 35.5. The number of methoxy groups -OCH3 is 1. The number of benzene rings is 3. The van der Waals surface area contributed by atoms with E-state index in [2.05, 4.69) is 30.0 Å². The van der Waals surface area contributed by atoms with Gasteiger partial charge in [-0.15, -0.1) is 0 Å². The number of carboxylic acids is 1. The number of hydrogen-bond donors (Lipinski definition) is 1. The molecule has 3 rings (SSSR count). The fourth-order valence-electron chi connectivity index (χ4n) is 3.73. The van der Waals surface area contributed by atoms with Crippen LogP contribution in [0.25, 0.3) is 11.1 Å². The van der Waals surface area contributed by atoms with Crippen molar-refractivity contribution in [2.24, 2.45) is 0 Å². The van der Waals surface area contributed by atoms with Crippen molar-refractivity contribution in [2.75, 3.05) is 31.8 Å². The van der Waals surface area contributed by atoms with Crippen molar-refractivity contribution in [2.45, 2.75) is 20.4 Å². The highest BCUT2D eigenvalue weighted by Crippen LogP contribution is 2.32. The van der Waals surface area contributed by atoms with E-state index in [0.717, 1.165) is 39.5 Å². The summed E-state index contributed by atoms with van der Waals surface area (Å²) in [5.41, 5.74) is 6.62. The number of carboxylic acid groups (broad SMARTS) is 1. The van der Waals surface area contributed by atoms with E-state index in [1.54, 1.807) is 7.11 Å². The standard InChI is InChI=1S/C26H28ClNO4/c1-18-15-20(7-12-25(18)32-17-26(29)30)16-28(13-14-31-3)24-6-4-5-23(19(24)2)21-8-10-22(27)11-9-21/h4-12,15H,13-14,16-17H2,1-3H3,(H,29,30). The molecule has 0 saturated heterocycles. The molecule has 0 spiro atoms. The van der Waals surface area contributed by atoms with Crippen LogP contribution in [0.4, 0.5) is 5.69 Å². The Morgan fingerprint density at radius 1 is 1.06 bits per heavy atom. The van der Waals surface area contributed by atoms with Gasteiger partial charge < -0.3 is 19.5 Å². The minimum atomic E-state index is -0.990. The average Bonchev–Trinajstić information content (AvgIpc) is 2.77. The van der Waals surface area contributed by atoms with E-state index < -0.39 is 5.97 Å². The van der Waals surface area contributed by atoms with Crippen LogP contribution in [0.5, 0.6) is 5.75 Å². The summed E-state index contributed by atoms with van der Waals surface area (Å²) >= 11 is 6.07. The van der Waals surface area contributed by atoms with Gasteiger partial charge in [0.1, 0.15) is 5.75 Å². The normalized spacial score (nSPS) is 10.8. The Kier molecular flexibility index (Phi) is 8.14. The Bertz CT molecular complexity index is 1070. The predicted octanol–water partition coefficient (Wildman–Crippen LogP) is 5.74. The lowest BCUT2D eigenvalue weighted by molar-refractivity contribution is -0.139. The van der Waals surface area contributed by atoms with Gasteiger partial charge in [-0.3, -0.25) is 0 Å². The lowest BCUT2D eigenvalue weighted by Gasteiger charge is -2.28. The first-order valence-corrected chi connectivity index (χ1v) is 10.8. The molecule has 0 aliphatic heterocycles. The third-order valence-electron chi connectivity index (χ3n) is 5.33. The van der Waals surface area contributed by atoms with Crippen LogP contribution in [-0.4, -0.2) is 37.9 Å². The lowest BCUT2D eigenvalue weighted by Crippen LogP contribution is -2.27. The van der Waals surface area contributed by atoms with Gasteiger partial charge >= 0.3 is 5.97 Å². The van der Waals surface area contributed by atoms with Gasteiger partial charge in [-0.2, -0.15) is 0 Å². The second kappa shape index (κ2) is 11.0. The number of rotatable bonds is 10. The molecular formula is C26H28ClNO4. The van der Waals surface area contributed by atoms with Gasteiger partial charge in [0.15, 0.2) is 6.61 Å². The smallest absolute Gasteiger partial charge is 0.341 e. The molecule has 32 heavy (non-hydrogen) atoms. The van der Waals surface area contributed by atoms with Crippen LogP contribution < -0.4 is 9.64 Å². The molecule has 0 saturated carbocycles. The van der Waals surface area contributed by atoms with Crippen molar-refractivity contribution in [3.8, 4) is 16.9 Å². The van der Waals surface area contributed by atoms with Crippen LogP contribution in [0.2, 0.25) is 5.02 Å². The number of halogens is 1. The molecule has 0 aliphatic carbocycles. The second-order valence-electron chi connectivity index (χ2n) is 7.65. The summed E-state index contributed by atoms with van der Waals surface area (Å²) in [6.07, 6.45) is 0. The first kappa shape index (κ1) is 23.6. The maximum atomic E-state index is 10.8. The number of carbonyl (C=O) groups is 1. The molecule has 1 N–H and O–H groups in total. The number of ether oxygens (including phenoxy) is 2. The largest absolute Gasteiger partial charge is 0.482 e. The summed E-state index contributed by atoms with van der Waals surface area (Å²) in [4.78, 5) is 13.1. The maximum absolute atomic E-state index is 10.8. The average molecular weight is 454 g/mol. The van der Waals surface area contributed by atoms with Crippen molar-refractivity contribution in [3.05, 3.63) is 82.4 Å². The molecule has 0 aliphatic rings. The molecule has 0 atom stereocenters. The van der Waals surface area contributed by atoms with Gasteiger partial charge in [-0.05, 0) is 65.9 Å². The Balaban J connectivity index is 1.88. The third-order valence-corrected chi connectivity index (χ3v) is 5.58. The van der Waals surface area contributed by atoms with E-state index in [-0.39, 0.29) is 6.61 Å². The highest BCUT2D eigenvalue weighted by molar-refractivity contribution is 6.30. The SMILES string of the molecule is COCCN(Cc1ccc(OCC(=O)O)c(C)c1)c1cccc(-c2ccc(Cl)cc2)c1C. The van der Waals surface area contributed by atoms with Gasteiger partial charge in [-0.25, -0.2) is 4.79 Å². The van der Waals surface area contributed by atoms with E-state index >= 15 is 0 Å². The van der Waals surface area contributed by atoms with Crippen molar-refractivity contribution in [3.63, 3.8) is 0 Å². The molecule has 0 aromatic heterocycles. The molecule has 0 bridgehead atoms. The monoisotopic (exact) mass is 453 g/mol. The molecule has 0 unspecified atom stereocenters. The summed E-state index contributed by atoms with van der Waals surface area (Å²) in [5.74, 6) is -0.407.